The minimum Gasteiger partial charge on any atom is -0.472 e. The molecule has 0 bridgehead atoms. The van der Waals surface area contributed by atoms with E-state index in [2.05, 4.69) is 5.32 Å². The summed E-state index contributed by atoms with van der Waals surface area (Å²) in [5.74, 6) is 0.389. The molecule has 0 amide bonds. The zero-order valence-corrected chi connectivity index (χ0v) is 9.88. The van der Waals surface area contributed by atoms with Gasteiger partial charge in [0.1, 0.15) is 0 Å². The van der Waals surface area contributed by atoms with Crippen LogP contribution in [0.3, 0.4) is 0 Å². The predicted octanol–water partition coefficient (Wildman–Crippen LogP) is 1.36. The van der Waals surface area contributed by atoms with Crippen molar-refractivity contribution in [3.63, 3.8) is 0 Å². The summed E-state index contributed by atoms with van der Waals surface area (Å²) in [6, 6.07) is 1.99. The normalized spacial score (nSPS) is 14.0. The molecule has 1 heterocycles. The molecule has 0 aliphatic heterocycles. The molecular weight excluding hydrogens is 214 g/mol. The minimum absolute atomic E-state index is 0.121. The molecule has 0 aromatic carbocycles. The number of furan rings is 1. The van der Waals surface area contributed by atoms with Crippen molar-refractivity contribution in [2.45, 2.75) is 19.9 Å². The van der Waals surface area contributed by atoms with E-state index in [0.29, 0.717) is 6.54 Å². The number of sulfone groups is 1. The molecule has 5 heteroatoms. The summed E-state index contributed by atoms with van der Waals surface area (Å²) in [7, 11) is -2.87. The zero-order chi connectivity index (χ0) is 11.3. The first-order chi connectivity index (χ1) is 7.05. The Morgan fingerprint density at radius 1 is 1.53 bits per heavy atom. The van der Waals surface area contributed by atoms with E-state index in [-0.39, 0.29) is 17.5 Å². The van der Waals surface area contributed by atoms with Gasteiger partial charge in [-0.25, -0.2) is 8.42 Å². The molecule has 0 saturated carbocycles. The number of hydrogen-bond donors (Lipinski definition) is 1. The molecule has 0 fully saturated rings. The van der Waals surface area contributed by atoms with Gasteiger partial charge in [-0.3, -0.25) is 0 Å². The van der Waals surface area contributed by atoms with Gasteiger partial charge in [-0.15, -0.1) is 0 Å². The lowest BCUT2D eigenvalue weighted by Gasteiger charge is -2.11. The summed E-state index contributed by atoms with van der Waals surface area (Å²) < 4.78 is 27.4. The van der Waals surface area contributed by atoms with Crippen LogP contribution in [-0.4, -0.2) is 26.5 Å². The third-order valence-electron chi connectivity index (χ3n) is 2.35. The highest BCUT2D eigenvalue weighted by atomic mass is 32.2. The first-order valence-electron chi connectivity index (χ1n) is 5.01. The van der Waals surface area contributed by atoms with E-state index in [9.17, 15) is 8.42 Å². The van der Waals surface area contributed by atoms with Crippen LogP contribution in [-0.2, 0) is 9.84 Å². The highest BCUT2D eigenvalue weighted by Crippen LogP contribution is 2.11. The fourth-order valence-electron chi connectivity index (χ4n) is 1.21. The van der Waals surface area contributed by atoms with Crippen molar-refractivity contribution in [1.82, 2.24) is 5.32 Å². The predicted molar refractivity (Wildman–Crippen MR) is 59.5 cm³/mol. The summed E-state index contributed by atoms with van der Waals surface area (Å²) in [4.78, 5) is 0. The van der Waals surface area contributed by atoms with Crippen molar-refractivity contribution < 1.29 is 12.8 Å². The van der Waals surface area contributed by atoms with E-state index < -0.39 is 9.84 Å². The van der Waals surface area contributed by atoms with Crippen LogP contribution in [0.25, 0.3) is 0 Å². The van der Waals surface area contributed by atoms with Crippen LogP contribution in [0.15, 0.2) is 23.0 Å². The standard InChI is InChI=1S/C10H17NO3S/c1-3-15(12,13)7-5-11-9(2)10-4-6-14-8-10/h4,6,8-9,11H,3,5,7H2,1-2H3. The molecule has 0 radical (unpaired) electrons. The zero-order valence-electron chi connectivity index (χ0n) is 9.06. The van der Waals surface area contributed by atoms with Gasteiger partial charge in [0.05, 0.1) is 18.3 Å². The van der Waals surface area contributed by atoms with E-state index >= 15 is 0 Å². The average molecular weight is 231 g/mol. The van der Waals surface area contributed by atoms with Crippen molar-refractivity contribution in [2.75, 3.05) is 18.1 Å². The summed E-state index contributed by atoms with van der Waals surface area (Å²) >= 11 is 0. The lowest BCUT2D eigenvalue weighted by atomic mass is 10.2. The van der Waals surface area contributed by atoms with Gasteiger partial charge in [0.15, 0.2) is 9.84 Å². The van der Waals surface area contributed by atoms with Crippen LogP contribution in [0.1, 0.15) is 25.5 Å². The summed E-state index contributed by atoms with van der Waals surface area (Å²) in [6.07, 6.45) is 3.27. The average Bonchev–Trinajstić information content (AvgIpc) is 2.70. The highest BCUT2D eigenvalue weighted by molar-refractivity contribution is 7.91. The Kier molecular flexibility index (Phi) is 4.35. The molecule has 1 aromatic heterocycles. The Balaban J connectivity index is 2.33. The van der Waals surface area contributed by atoms with Gasteiger partial charge in [0.2, 0.25) is 0 Å². The molecule has 0 aliphatic rings. The molecule has 0 saturated heterocycles. The van der Waals surface area contributed by atoms with E-state index in [1.54, 1.807) is 19.5 Å². The molecule has 1 aromatic rings. The van der Waals surface area contributed by atoms with Gasteiger partial charge < -0.3 is 9.73 Å². The van der Waals surface area contributed by atoms with E-state index in [4.69, 9.17) is 4.42 Å². The molecule has 0 aliphatic carbocycles. The van der Waals surface area contributed by atoms with Gasteiger partial charge in [-0.2, -0.15) is 0 Å². The Hall–Kier alpha value is -0.810. The Bertz CT molecular complexity index is 369. The first-order valence-corrected chi connectivity index (χ1v) is 6.83. The molecule has 1 rings (SSSR count). The molecule has 15 heavy (non-hydrogen) atoms. The second-order valence-corrected chi connectivity index (χ2v) is 5.94. The fraction of sp³-hybridized carbons (Fsp3) is 0.600. The molecule has 86 valence electrons. The SMILES string of the molecule is CCS(=O)(=O)CCNC(C)c1ccoc1. The number of hydrogen-bond acceptors (Lipinski definition) is 4. The van der Waals surface area contributed by atoms with Crippen LogP contribution >= 0.6 is 0 Å². The second-order valence-electron chi connectivity index (χ2n) is 3.47. The van der Waals surface area contributed by atoms with E-state index in [0.717, 1.165) is 5.56 Å². The number of rotatable bonds is 6. The van der Waals surface area contributed by atoms with Crippen LogP contribution in [0.5, 0.6) is 0 Å². The maximum Gasteiger partial charge on any atom is 0.151 e. The molecule has 1 unspecified atom stereocenters. The lowest BCUT2D eigenvalue weighted by Crippen LogP contribution is -2.26. The monoisotopic (exact) mass is 231 g/mol. The highest BCUT2D eigenvalue weighted by Gasteiger charge is 2.09. The smallest absolute Gasteiger partial charge is 0.151 e. The second kappa shape index (κ2) is 5.32. The van der Waals surface area contributed by atoms with Crippen molar-refractivity contribution >= 4 is 9.84 Å². The molecule has 1 N–H and O–H groups in total. The van der Waals surface area contributed by atoms with Crippen LogP contribution in [0.4, 0.5) is 0 Å². The first kappa shape index (κ1) is 12.3. The summed E-state index contributed by atoms with van der Waals surface area (Å²) in [5.41, 5.74) is 1.03. The molecule has 0 spiro atoms. The maximum absolute atomic E-state index is 11.2. The topological polar surface area (TPSA) is 59.3 Å². The van der Waals surface area contributed by atoms with E-state index in [1.165, 1.54) is 0 Å². The largest absolute Gasteiger partial charge is 0.472 e. The van der Waals surface area contributed by atoms with Crippen molar-refractivity contribution in [3.8, 4) is 0 Å². The Morgan fingerprint density at radius 3 is 2.80 bits per heavy atom. The molecular formula is C10H17NO3S. The van der Waals surface area contributed by atoms with Crippen molar-refractivity contribution in [3.05, 3.63) is 24.2 Å². The Labute approximate surface area is 90.6 Å². The van der Waals surface area contributed by atoms with E-state index in [1.807, 2.05) is 13.0 Å². The molecule has 1 atom stereocenters. The van der Waals surface area contributed by atoms with Gasteiger partial charge in [0, 0.05) is 23.9 Å². The maximum atomic E-state index is 11.2. The Morgan fingerprint density at radius 2 is 2.27 bits per heavy atom. The van der Waals surface area contributed by atoms with Gasteiger partial charge in [-0.1, -0.05) is 6.92 Å². The van der Waals surface area contributed by atoms with Gasteiger partial charge in [-0.05, 0) is 13.0 Å². The quantitative estimate of drug-likeness (QED) is 0.803. The third kappa shape index (κ3) is 4.05. The molecule has 4 nitrogen and oxygen atoms in total. The summed E-state index contributed by atoms with van der Waals surface area (Å²) in [5, 5.41) is 3.14. The van der Waals surface area contributed by atoms with Gasteiger partial charge in [0.25, 0.3) is 0 Å². The number of nitrogens with one attached hydrogen (secondary N) is 1. The minimum atomic E-state index is -2.87. The van der Waals surface area contributed by atoms with Crippen LogP contribution < -0.4 is 5.32 Å². The fourth-order valence-corrected chi connectivity index (χ4v) is 1.93. The van der Waals surface area contributed by atoms with Gasteiger partial charge >= 0.3 is 0 Å². The summed E-state index contributed by atoms with van der Waals surface area (Å²) in [6.45, 7) is 4.11. The van der Waals surface area contributed by atoms with Crippen molar-refractivity contribution in [1.29, 1.82) is 0 Å². The third-order valence-corrected chi connectivity index (χ3v) is 4.05. The van der Waals surface area contributed by atoms with Crippen molar-refractivity contribution in [2.24, 2.45) is 0 Å². The van der Waals surface area contributed by atoms with Crippen LogP contribution in [0.2, 0.25) is 0 Å². The van der Waals surface area contributed by atoms with Crippen LogP contribution in [0, 0.1) is 0 Å². The lowest BCUT2D eigenvalue weighted by molar-refractivity contribution is 0.543.